The first-order valence-corrected chi connectivity index (χ1v) is 7.75. The number of halogens is 2. The Bertz CT molecular complexity index is 510. The predicted octanol–water partition coefficient (Wildman–Crippen LogP) is 1.98. The highest BCUT2D eigenvalue weighted by Gasteiger charge is 2.29. The summed E-state index contributed by atoms with van der Waals surface area (Å²) in [7, 11) is -3.42. The highest BCUT2D eigenvalue weighted by Crippen LogP contribution is 2.26. The van der Waals surface area contributed by atoms with Crippen molar-refractivity contribution in [3.05, 3.63) is 28.7 Å². The Labute approximate surface area is 122 Å². The van der Waals surface area contributed by atoms with Gasteiger partial charge in [-0.2, -0.15) is 4.31 Å². The molecular weight excluding hydrogens is 340 g/mol. The highest BCUT2D eigenvalue weighted by molar-refractivity contribution is 9.10. The predicted molar refractivity (Wildman–Crippen MR) is 77.4 cm³/mol. The van der Waals surface area contributed by atoms with Gasteiger partial charge in [0.25, 0.3) is 0 Å². The third-order valence-electron chi connectivity index (χ3n) is 2.88. The van der Waals surface area contributed by atoms with E-state index < -0.39 is 10.0 Å². The summed E-state index contributed by atoms with van der Waals surface area (Å²) >= 11 is 3.28. The summed E-state index contributed by atoms with van der Waals surface area (Å²) in [4.78, 5) is 0.314. The van der Waals surface area contributed by atoms with E-state index in [0.29, 0.717) is 22.5 Å². The first-order valence-electron chi connectivity index (χ1n) is 5.52. The van der Waals surface area contributed by atoms with Crippen LogP contribution < -0.4 is 5.73 Å². The summed E-state index contributed by atoms with van der Waals surface area (Å²) in [6, 6.07) is 6.81. The lowest BCUT2D eigenvalue weighted by Gasteiger charge is -2.30. The molecule has 0 aliphatic carbocycles. The second-order valence-corrected chi connectivity index (χ2v) is 6.96. The third kappa shape index (κ3) is 3.24. The summed E-state index contributed by atoms with van der Waals surface area (Å²) in [5.41, 5.74) is 5.82. The normalized spacial score (nSPS) is 21.3. The lowest BCUT2D eigenvalue weighted by molar-refractivity contribution is 0.316. The van der Waals surface area contributed by atoms with Gasteiger partial charge in [0.15, 0.2) is 0 Å². The summed E-state index contributed by atoms with van der Waals surface area (Å²) in [6.07, 6.45) is 1.72. The van der Waals surface area contributed by atoms with E-state index >= 15 is 0 Å². The van der Waals surface area contributed by atoms with E-state index in [9.17, 15) is 8.42 Å². The van der Waals surface area contributed by atoms with E-state index in [1.165, 1.54) is 4.31 Å². The Hall–Kier alpha value is -0.140. The van der Waals surface area contributed by atoms with Crippen LogP contribution >= 0.6 is 28.3 Å². The molecule has 1 unspecified atom stereocenters. The molecule has 1 heterocycles. The molecule has 2 N–H and O–H groups in total. The molecule has 0 spiro atoms. The van der Waals surface area contributed by atoms with Crippen LogP contribution in [-0.4, -0.2) is 31.9 Å². The number of hydrogen-bond donors (Lipinski definition) is 1. The molecule has 1 saturated heterocycles. The SMILES string of the molecule is Cl.NC1CCCN(S(=O)(=O)c2ccccc2Br)C1. The van der Waals surface area contributed by atoms with Crippen LogP contribution in [0.5, 0.6) is 0 Å². The van der Waals surface area contributed by atoms with Gasteiger partial charge in [0.1, 0.15) is 0 Å². The maximum Gasteiger partial charge on any atom is 0.244 e. The Morgan fingerprint density at radius 3 is 2.61 bits per heavy atom. The van der Waals surface area contributed by atoms with Gasteiger partial charge >= 0.3 is 0 Å². The van der Waals surface area contributed by atoms with Crippen LogP contribution in [0.15, 0.2) is 33.6 Å². The van der Waals surface area contributed by atoms with E-state index in [1.54, 1.807) is 24.3 Å². The molecule has 102 valence electrons. The van der Waals surface area contributed by atoms with Crippen LogP contribution in [0.2, 0.25) is 0 Å². The molecule has 1 aromatic carbocycles. The monoisotopic (exact) mass is 354 g/mol. The minimum Gasteiger partial charge on any atom is -0.327 e. The zero-order valence-corrected chi connectivity index (χ0v) is 13.0. The molecule has 2 rings (SSSR count). The zero-order chi connectivity index (χ0) is 12.5. The molecule has 0 amide bonds. The summed E-state index contributed by atoms with van der Waals surface area (Å²) in [5.74, 6) is 0. The molecular formula is C11H16BrClN2O2S. The lowest BCUT2D eigenvalue weighted by Crippen LogP contribution is -2.45. The number of sulfonamides is 1. The van der Waals surface area contributed by atoms with Crippen molar-refractivity contribution in [1.82, 2.24) is 4.31 Å². The topological polar surface area (TPSA) is 63.4 Å². The summed E-state index contributed by atoms with van der Waals surface area (Å²) in [5, 5.41) is 0. The molecule has 0 bridgehead atoms. The molecule has 1 fully saturated rings. The second kappa shape index (κ2) is 6.34. The zero-order valence-electron chi connectivity index (χ0n) is 9.75. The number of benzene rings is 1. The van der Waals surface area contributed by atoms with E-state index in [0.717, 1.165) is 12.8 Å². The molecule has 1 aliphatic rings. The van der Waals surface area contributed by atoms with Gasteiger partial charge in [0.05, 0.1) is 4.90 Å². The first-order chi connectivity index (χ1) is 8.01. The van der Waals surface area contributed by atoms with Crippen LogP contribution in [0.1, 0.15) is 12.8 Å². The highest BCUT2D eigenvalue weighted by atomic mass is 79.9. The van der Waals surface area contributed by atoms with Gasteiger partial charge in [0, 0.05) is 23.6 Å². The van der Waals surface area contributed by atoms with Crippen molar-refractivity contribution in [2.45, 2.75) is 23.8 Å². The van der Waals surface area contributed by atoms with E-state index in [1.807, 2.05) is 0 Å². The molecule has 7 heteroatoms. The minimum absolute atomic E-state index is 0. The van der Waals surface area contributed by atoms with Crippen LogP contribution in [-0.2, 0) is 10.0 Å². The van der Waals surface area contributed by atoms with Gasteiger partial charge < -0.3 is 5.73 Å². The molecule has 18 heavy (non-hydrogen) atoms. The Morgan fingerprint density at radius 2 is 2.00 bits per heavy atom. The number of nitrogens with zero attached hydrogens (tertiary/aromatic N) is 1. The largest absolute Gasteiger partial charge is 0.327 e. The van der Waals surface area contributed by atoms with Gasteiger partial charge in [-0.1, -0.05) is 12.1 Å². The second-order valence-electron chi connectivity index (χ2n) is 4.20. The van der Waals surface area contributed by atoms with Crippen molar-refractivity contribution < 1.29 is 8.42 Å². The van der Waals surface area contributed by atoms with Crippen molar-refractivity contribution in [1.29, 1.82) is 0 Å². The maximum atomic E-state index is 12.4. The van der Waals surface area contributed by atoms with Crippen molar-refractivity contribution in [2.75, 3.05) is 13.1 Å². The molecule has 1 aliphatic heterocycles. The number of piperidine rings is 1. The van der Waals surface area contributed by atoms with Gasteiger partial charge in [-0.05, 0) is 40.9 Å². The summed E-state index contributed by atoms with van der Waals surface area (Å²) < 4.78 is 26.9. The third-order valence-corrected chi connectivity index (χ3v) is 5.75. The molecule has 0 aromatic heterocycles. The fourth-order valence-electron chi connectivity index (χ4n) is 1.99. The van der Waals surface area contributed by atoms with Gasteiger partial charge in [-0.15, -0.1) is 12.4 Å². The average molecular weight is 356 g/mol. The first kappa shape index (κ1) is 15.9. The molecule has 0 radical (unpaired) electrons. The standard InChI is InChI=1S/C11H15BrN2O2S.ClH/c12-10-5-1-2-6-11(10)17(15,16)14-7-3-4-9(13)8-14;/h1-2,5-6,9H,3-4,7-8,13H2;1H. The van der Waals surface area contributed by atoms with Crippen LogP contribution in [0.3, 0.4) is 0 Å². The Morgan fingerprint density at radius 1 is 1.33 bits per heavy atom. The van der Waals surface area contributed by atoms with E-state index in [-0.39, 0.29) is 18.4 Å². The fourth-order valence-corrected chi connectivity index (χ4v) is 4.48. The van der Waals surface area contributed by atoms with E-state index in [2.05, 4.69) is 15.9 Å². The molecule has 4 nitrogen and oxygen atoms in total. The van der Waals surface area contributed by atoms with Gasteiger partial charge in [-0.3, -0.25) is 0 Å². The smallest absolute Gasteiger partial charge is 0.244 e. The van der Waals surface area contributed by atoms with Crippen molar-refractivity contribution in [3.63, 3.8) is 0 Å². The van der Waals surface area contributed by atoms with Crippen LogP contribution in [0.25, 0.3) is 0 Å². The number of hydrogen-bond acceptors (Lipinski definition) is 3. The summed E-state index contributed by atoms with van der Waals surface area (Å²) in [6.45, 7) is 0.959. The van der Waals surface area contributed by atoms with Crippen LogP contribution in [0.4, 0.5) is 0 Å². The Kier molecular flexibility index (Phi) is 5.61. The van der Waals surface area contributed by atoms with Crippen LogP contribution in [0, 0.1) is 0 Å². The van der Waals surface area contributed by atoms with Crippen molar-refractivity contribution >= 4 is 38.4 Å². The van der Waals surface area contributed by atoms with Crippen molar-refractivity contribution in [3.8, 4) is 0 Å². The fraction of sp³-hybridized carbons (Fsp3) is 0.455. The van der Waals surface area contributed by atoms with Crippen molar-refractivity contribution in [2.24, 2.45) is 5.73 Å². The minimum atomic E-state index is -3.42. The maximum absolute atomic E-state index is 12.4. The molecule has 0 saturated carbocycles. The molecule has 1 atom stereocenters. The van der Waals surface area contributed by atoms with Gasteiger partial charge in [0.2, 0.25) is 10.0 Å². The average Bonchev–Trinajstić information content (AvgIpc) is 2.29. The number of rotatable bonds is 2. The quantitative estimate of drug-likeness (QED) is 0.882. The lowest BCUT2D eigenvalue weighted by atomic mass is 10.1. The Balaban J connectivity index is 0.00000162. The molecule has 1 aromatic rings. The van der Waals surface area contributed by atoms with E-state index in [4.69, 9.17) is 5.73 Å². The number of nitrogens with two attached hydrogens (primary N) is 1. The van der Waals surface area contributed by atoms with Gasteiger partial charge in [-0.25, -0.2) is 8.42 Å².